The van der Waals surface area contributed by atoms with Gasteiger partial charge in [-0.05, 0) is 41.8 Å². The molecule has 3 aromatic rings. The molecular weight excluding hydrogens is 528 g/mol. The monoisotopic (exact) mass is 564 g/mol. The first-order chi connectivity index (χ1) is 19.3. The normalized spacial score (nSPS) is 20.4. The zero-order chi connectivity index (χ0) is 28.0. The molecule has 1 aromatic heterocycles. The maximum absolute atomic E-state index is 11.9. The van der Waals surface area contributed by atoms with Crippen molar-refractivity contribution in [2.45, 2.75) is 31.3 Å². The molecule has 5 rings (SSSR count). The summed E-state index contributed by atoms with van der Waals surface area (Å²) in [7, 11) is -2.51. The average Bonchev–Trinajstić information content (AvgIpc) is 3.32. The second-order valence-electron chi connectivity index (χ2n) is 10.5. The Morgan fingerprint density at radius 2 is 1.75 bits per heavy atom. The van der Waals surface area contributed by atoms with E-state index in [2.05, 4.69) is 56.3 Å². The van der Waals surface area contributed by atoms with Crippen LogP contribution in [-0.4, -0.2) is 79.5 Å². The van der Waals surface area contributed by atoms with E-state index in [0.717, 1.165) is 49.5 Å². The van der Waals surface area contributed by atoms with Crippen LogP contribution in [-0.2, 0) is 17.7 Å². The molecule has 1 unspecified atom stereocenters. The van der Waals surface area contributed by atoms with Gasteiger partial charge < -0.3 is 20.1 Å². The molecule has 2 aromatic carbocycles. The number of rotatable bonds is 8. The molecule has 0 bridgehead atoms. The number of nitrogens with zero attached hydrogens (tertiary/aromatic N) is 2. The van der Waals surface area contributed by atoms with Crippen LogP contribution in [0.15, 0.2) is 59.7 Å². The number of hydrogen-bond donors (Lipinski definition) is 5. The van der Waals surface area contributed by atoms with Crippen LogP contribution in [0.1, 0.15) is 40.3 Å². The lowest BCUT2D eigenvalue weighted by atomic mass is 9.92. The molecule has 0 saturated carbocycles. The van der Waals surface area contributed by atoms with Gasteiger partial charge in [-0.3, -0.25) is 18.8 Å². The van der Waals surface area contributed by atoms with Gasteiger partial charge in [0.05, 0.1) is 31.0 Å². The van der Waals surface area contributed by atoms with E-state index in [-0.39, 0.29) is 17.7 Å². The van der Waals surface area contributed by atoms with E-state index < -0.39 is 16.1 Å². The van der Waals surface area contributed by atoms with Crippen LogP contribution in [0.5, 0.6) is 5.75 Å². The van der Waals surface area contributed by atoms with E-state index in [4.69, 9.17) is 4.74 Å². The van der Waals surface area contributed by atoms with Crippen molar-refractivity contribution in [2.24, 2.45) is 0 Å². The molecule has 2 aliphatic heterocycles. The van der Waals surface area contributed by atoms with Crippen molar-refractivity contribution in [1.29, 1.82) is 0 Å². The quantitative estimate of drug-likeness (QED) is 0.264. The second kappa shape index (κ2) is 13.0. The van der Waals surface area contributed by atoms with Crippen LogP contribution in [0.2, 0.25) is 0 Å². The Kier molecular flexibility index (Phi) is 9.22. The third-order valence-corrected chi connectivity index (χ3v) is 9.28. The highest BCUT2D eigenvalue weighted by molar-refractivity contribution is 8.24. The molecule has 2 saturated heterocycles. The van der Waals surface area contributed by atoms with Gasteiger partial charge in [0.2, 0.25) is 5.75 Å². The lowest BCUT2D eigenvalue weighted by Crippen LogP contribution is -2.35. The highest BCUT2D eigenvalue weighted by Crippen LogP contribution is 2.45. The molecule has 10 heteroatoms. The van der Waals surface area contributed by atoms with Gasteiger partial charge in [-0.15, -0.1) is 0 Å². The number of aromatic nitrogens is 2. The van der Waals surface area contributed by atoms with Crippen molar-refractivity contribution < 1.29 is 18.9 Å². The second-order valence-corrected chi connectivity index (χ2v) is 12.8. The van der Waals surface area contributed by atoms with Gasteiger partial charge in [-0.2, -0.15) is 10.6 Å². The summed E-state index contributed by atoms with van der Waals surface area (Å²) in [5.41, 5.74) is 3.87. The molecule has 2 fully saturated rings. The molecule has 2 atom stereocenters. The van der Waals surface area contributed by atoms with Crippen molar-refractivity contribution in [3.8, 4) is 17.6 Å². The first-order valence-corrected chi connectivity index (χ1v) is 15.5. The summed E-state index contributed by atoms with van der Waals surface area (Å²) in [5.74, 6) is 6.77. The fourth-order valence-electron chi connectivity index (χ4n) is 5.10. The van der Waals surface area contributed by atoms with Gasteiger partial charge in [0.15, 0.2) is 0 Å². The van der Waals surface area contributed by atoms with E-state index in [9.17, 15) is 19.0 Å². The molecule has 0 amide bonds. The van der Waals surface area contributed by atoms with E-state index in [1.54, 1.807) is 0 Å². The molecule has 3 heterocycles. The Labute approximate surface area is 236 Å². The highest BCUT2D eigenvalue weighted by atomic mass is 32.3. The minimum atomic E-state index is -2.51. The van der Waals surface area contributed by atoms with Crippen LogP contribution in [0.3, 0.4) is 0 Å². The van der Waals surface area contributed by atoms with E-state index >= 15 is 0 Å². The summed E-state index contributed by atoms with van der Waals surface area (Å²) in [6.07, 6.45) is 2.35. The van der Waals surface area contributed by atoms with Gasteiger partial charge in [-0.1, -0.05) is 36.1 Å². The Balaban J connectivity index is 1.25. The molecule has 0 aliphatic carbocycles. The number of H-pyrrole nitrogens is 1. The third-order valence-electron chi connectivity index (χ3n) is 7.46. The fraction of sp³-hybridized carbons (Fsp3) is 0.400. The SMILES string of the molecule is O=c1[nH]cnc(CC(CN[C@@H]2CCS(O)(O)C2)c2ccc(C#Cc3ccc(CN4CCOCC4)cc3)cc2)c1O. The van der Waals surface area contributed by atoms with E-state index in [1.165, 1.54) is 11.9 Å². The summed E-state index contributed by atoms with van der Waals surface area (Å²) in [6, 6.07) is 16.3. The minimum absolute atomic E-state index is 0.0126. The summed E-state index contributed by atoms with van der Waals surface area (Å²) in [4.78, 5) is 20.9. The summed E-state index contributed by atoms with van der Waals surface area (Å²) in [5, 5.41) is 13.7. The summed E-state index contributed by atoms with van der Waals surface area (Å²) < 4.78 is 25.4. The first-order valence-electron chi connectivity index (χ1n) is 13.6. The van der Waals surface area contributed by atoms with Crippen LogP contribution in [0.4, 0.5) is 0 Å². The Hall–Kier alpha value is -3.17. The van der Waals surface area contributed by atoms with Gasteiger partial charge in [0.25, 0.3) is 5.56 Å². The summed E-state index contributed by atoms with van der Waals surface area (Å²) >= 11 is 0. The molecule has 0 radical (unpaired) electrons. The standard InChI is InChI=1S/C30H36N4O5S/c35-29-28(32-21-33-30(29)36)17-26(18-31-27-11-16-40(37,38)20-27)25-9-7-23(8-10-25)2-1-22-3-5-24(6-4-22)19-34-12-14-39-15-13-34/h3-10,21,26-27,31,35,37-38H,11-20H2,(H,32,33,36)/t26?,27-/m1/s1. The summed E-state index contributed by atoms with van der Waals surface area (Å²) in [6.45, 7) is 4.96. The minimum Gasteiger partial charge on any atom is -0.502 e. The van der Waals surface area contributed by atoms with Crippen molar-refractivity contribution in [3.63, 3.8) is 0 Å². The molecule has 2 aliphatic rings. The number of benzene rings is 2. The maximum Gasteiger partial charge on any atom is 0.293 e. The number of ether oxygens (including phenoxy) is 1. The lowest BCUT2D eigenvalue weighted by Gasteiger charge is -2.26. The molecule has 0 spiro atoms. The molecular formula is C30H36N4O5S. The van der Waals surface area contributed by atoms with Crippen LogP contribution >= 0.6 is 10.6 Å². The van der Waals surface area contributed by atoms with Crippen LogP contribution < -0.4 is 10.9 Å². The predicted octanol–water partition coefficient (Wildman–Crippen LogP) is 3.15. The van der Waals surface area contributed by atoms with Gasteiger partial charge >= 0.3 is 0 Å². The van der Waals surface area contributed by atoms with Gasteiger partial charge in [-0.25, -0.2) is 4.98 Å². The number of nitrogens with one attached hydrogen (secondary N) is 2. The van der Waals surface area contributed by atoms with Crippen LogP contribution in [0.25, 0.3) is 0 Å². The van der Waals surface area contributed by atoms with Crippen molar-refractivity contribution in [3.05, 3.63) is 93.2 Å². The Morgan fingerprint density at radius 1 is 1.07 bits per heavy atom. The average molecular weight is 565 g/mol. The first kappa shape index (κ1) is 28.4. The number of aromatic hydroxyl groups is 1. The van der Waals surface area contributed by atoms with Gasteiger partial charge in [0, 0.05) is 61.4 Å². The van der Waals surface area contributed by atoms with Crippen molar-refractivity contribution in [1.82, 2.24) is 20.2 Å². The highest BCUT2D eigenvalue weighted by Gasteiger charge is 2.29. The van der Waals surface area contributed by atoms with E-state index in [0.29, 0.717) is 36.6 Å². The zero-order valence-electron chi connectivity index (χ0n) is 22.4. The predicted molar refractivity (Wildman–Crippen MR) is 157 cm³/mol. The zero-order valence-corrected chi connectivity index (χ0v) is 23.2. The molecule has 40 heavy (non-hydrogen) atoms. The number of hydrogen-bond acceptors (Lipinski definition) is 8. The third kappa shape index (κ3) is 7.73. The molecule has 212 valence electrons. The largest absolute Gasteiger partial charge is 0.502 e. The molecule has 5 N–H and O–H groups in total. The van der Waals surface area contributed by atoms with Crippen LogP contribution in [0, 0.1) is 11.8 Å². The van der Waals surface area contributed by atoms with Gasteiger partial charge in [0.1, 0.15) is 0 Å². The number of morpholine rings is 1. The molecule has 9 nitrogen and oxygen atoms in total. The topological polar surface area (TPSA) is 131 Å². The smallest absolute Gasteiger partial charge is 0.293 e. The fourth-order valence-corrected chi connectivity index (χ4v) is 6.86. The lowest BCUT2D eigenvalue weighted by molar-refractivity contribution is 0.0342. The Morgan fingerprint density at radius 3 is 2.40 bits per heavy atom. The number of aromatic amines is 1. The van der Waals surface area contributed by atoms with E-state index in [1.807, 2.05) is 24.3 Å². The Bertz CT molecular complexity index is 1390. The maximum atomic E-state index is 11.9. The van der Waals surface area contributed by atoms with Crippen molar-refractivity contribution >= 4 is 10.6 Å². The van der Waals surface area contributed by atoms with Crippen molar-refractivity contribution in [2.75, 3.05) is 44.4 Å².